The van der Waals surface area contributed by atoms with Crippen molar-refractivity contribution in [3.05, 3.63) is 22.1 Å². The Hall–Kier alpha value is -1.28. The van der Waals surface area contributed by atoms with Crippen LogP contribution in [0.15, 0.2) is 15.2 Å². The van der Waals surface area contributed by atoms with Crippen molar-refractivity contribution in [2.75, 3.05) is 0 Å². The minimum absolute atomic E-state index is 0.150. The van der Waals surface area contributed by atoms with E-state index in [1.165, 1.54) is 0 Å². The molecule has 0 fully saturated rings. The van der Waals surface area contributed by atoms with Crippen LogP contribution in [0.1, 0.15) is 16.1 Å². The Bertz CT molecular complexity index is 336. The molecular weight excluding hydrogens is 214 g/mol. The van der Waals surface area contributed by atoms with E-state index in [0.717, 1.165) is 6.07 Å². The largest absolute Gasteiger partial charge is 0.475 e. The van der Waals surface area contributed by atoms with Gasteiger partial charge in [0.25, 0.3) is 0 Å². The Labute approximate surface area is 70.2 Å². The van der Waals surface area contributed by atoms with Crippen LogP contribution in [0.2, 0.25) is 0 Å². The molecule has 0 aliphatic heterocycles. The Morgan fingerprint density at radius 1 is 1.82 bits per heavy atom. The molecule has 0 unspecified atom stereocenters. The molecule has 0 spiro atoms. The van der Waals surface area contributed by atoms with Gasteiger partial charge < -0.3 is 9.52 Å². The molecule has 1 aromatic heterocycles. The summed E-state index contributed by atoms with van der Waals surface area (Å²) in [6.07, 6.45) is 0. The minimum Gasteiger partial charge on any atom is -0.475 e. The maximum Gasteiger partial charge on any atom is 0.371 e. The van der Waals surface area contributed by atoms with E-state index in [0.29, 0.717) is 0 Å². The molecule has 0 aromatic carbocycles. The van der Waals surface area contributed by atoms with Gasteiger partial charge in [-0.2, -0.15) is 5.26 Å². The lowest BCUT2D eigenvalue weighted by Crippen LogP contribution is -1.91. The van der Waals surface area contributed by atoms with Crippen molar-refractivity contribution in [1.82, 2.24) is 0 Å². The summed E-state index contributed by atoms with van der Waals surface area (Å²) in [7, 11) is 0. The van der Waals surface area contributed by atoms with E-state index in [1.54, 1.807) is 6.07 Å². The zero-order chi connectivity index (χ0) is 8.43. The topological polar surface area (TPSA) is 74.2 Å². The highest BCUT2D eigenvalue weighted by molar-refractivity contribution is 9.10. The second-order valence-electron chi connectivity index (χ2n) is 1.71. The average Bonchev–Trinajstić information content (AvgIpc) is 2.31. The molecule has 1 N–H and O–H groups in total. The van der Waals surface area contributed by atoms with Crippen LogP contribution in [0.5, 0.6) is 0 Å². The maximum absolute atomic E-state index is 10.3. The number of hydrogen-bond acceptors (Lipinski definition) is 3. The molecule has 4 nitrogen and oxygen atoms in total. The summed E-state index contributed by atoms with van der Waals surface area (Å²) in [5.41, 5.74) is 0.183. The minimum atomic E-state index is -1.19. The summed E-state index contributed by atoms with van der Waals surface area (Å²) < 4.78 is 4.81. The SMILES string of the molecule is N#Cc1cc(C(=O)O)oc1Br. The van der Waals surface area contributed by atoms with Crippen LogP contribution in [0, 0.1) is 11.3 Å². The van der Waals surface area contributed by atoms with Gasteiger partial charge in [0.05, 0.1) is 0 Å². The Morgan fingerprint density at radius 3 is 2.73 bits per heavy atom. The third kappa shape index (κ3) is 1.41. The zero-order valence-electron chi connectivity index (χ0n) is 5.17. The quantitative estimate of drug-likeness (QED) is 0.773. The van der Waals surface area contributed by atoms with Crippen LogP contribution in [0.4, 0.5) is 0 Å². The lowest BCUT2D eigenvalue weighted by atomic mass is 10.3. The normalized spacial score (nSPS) is 9.09. The molecular formula is C6H2BrNO3. The van der Waals surface area contributed by atoms with Crippen molar-refractivity contribution in [3.8, 4) is 6.07 Å². The van der Waals surface area contributed by atoms with E-state index in [4.69, 9.17) is 10.4 Å². The third-order valence-corrected chi connectivity index (χ3v) is 1.61. The third-order valence-electron chi connectivity index (χ3n) is 1.02. The predicted molar refractivity (Wildman–Crippen MR) is 38.1 cm³/mol. The monoisotopic (exact) mass is 215 g/mol. The Kier molecular flexibility index (Phi) is 1.96. The fourth-order valence-electron chi connectivity index (χ4n) is 0.550. The molecule has 0 atom stereocenters. The van der Waals surface area contributed by atoms with E-state index in [2.05, 4.69) is 20.3 Å². The van der Waals surface area contributed by atoms with Crippen molar-refractivity contribution in [2.24, 2.45) is 0 Å². The van der Waals surface area contributed by atoms with Gasteiger partial charge in [-0.25, -0.2) is 4.79 Å². The number of furan rings is 1. The van der Waals surface area contributed by atoms with Crippen molar-refractivity contribution in [2.45, 2.75) is 0 Å². The fraction of sp³-hybridized carbons (Fsp3) is 0. The summed E-state index contributed by atoms with van der Waals surface area (Å²) in [6.45, 7) is 0. The van der Waals surface area contributed by atoms with Gasteiger partial charge in [-0.15, -0.1) is 0 Å². The van der Waals surface area contributed by atoms with Crippen LogP contribution in [0.3, 0.4) is 0 Å². The summed E-state index contributed by atoms with van der Waals surface area (Å²) in [5.74, 6) is -1.43. The van der Waals surface area contributed by atoms with E-state index in [9.17, 15) is 4.79 Å². The smallest absolute Gasteiger partial charge is 0.371 e. The molecule has 0 aliphatic carbocycles. The number of carboxylic acids is 1. The highest BCUT2D eigenvalue weighted by Crippen LogP contribution is 2.20. The molecule has 5 heteroatoms. The van der Waals surface area contributed by atoms with Crippen molar-refractivity contribution >= 4 is 21.9 Å². The molecule has 1 heterocycles. The number of carbonyl (C=O) groups is 1. The van der Waals surface area contributed by atoms with Crippen LogP contribution in [0.25, 0.3) is 0 Å². The van der Waals surface area contributed by atoms with Crippen molar-refractivity contribution in [1.29, 1.82) is 5.26 Å². The number of hydrogen-bond donors (Lipinski definition) is 1. The Balaban J connectivity index is 3.18. The van der Waals surface area contributed by atoms with Crippen molar-refractivity contribution < 1.29 is 14.3 Å². The fourth-order valence-corrected chi connectivity index (χ4v) is 0.928. The van der Waals surface area contributed by atoms with Crippen LogP contribution < -0.4 is 0 Å². The van der Waals surface area contributed by atoms with Gasteiger partial charge in [-0.1, -0.05) is 0 Å². The van der Waals surface area contributed by atoms with E-state index in [1.807, 2.05) is 0 Å². The van der Waals surface area contributed by atoms with Gasteiger partial charge in [0.1, 0.15) is 11.6 Å². The molecule has 0 amide bonds. The maximum atomic E-state index is 10.3. The first-order chi connectivity index (χ1) is 5.15. The van der Waals surface area contributed by atoms with Gasteiger partial charge in [-0.05, 0) is 15.9 Å². The molecule has 56 valence electrons. The first kappa shape index (κ1) is 7.82. The average molecular weight is 216 g/mol. The summed E-state index contributed by atoms with van der Waals surface area (Å²) >= 11 is 2.89. The van der Waals surface area contributed by atoms with E-state index >= 15 is 0 Å². The van der Waals surface area contributed by atoms with Crippen molar-refractivity contribution in [3.63, 3.8) is 0 Å². The van der Waals surface area contributed by atoms with Gasteiger partial charge in [0, 0.05) is 6.07 Å². The first-order valence-electron chi connectivity index (χ1n) is 2.58. The zero-order valence-corrected chi connectivity index (χ0v) is 6.75. The Morgan fingerprint density at radius 2 is 2.45 bits per heavy atom. The number of carboxylic acid groups (broad SMARTS) is 1. The highest BCUT2D eigenvalue weighted by Gasteiger charge is 2.12. The predicted octanol–water partition coefficient (Wildman–Crippen LogP) is 1.61. The van der Waals surface area contributed by atoms with Crippen LogP contribution >= 0.6 is 15.9 Å². The molecule has 0 saturated carbocycles. The molecule has 11 heavy (non-hydrogen) atoms. The number of aromatic carboxylic acids is 1. The lowest BCUT2D eigenvalue weighted by Gasteiger charge is -1.81. The van der Waals surface area contributed by atoms with Crippen LogP contribution in [-0.4, -0.2) is 11.1 Å². The number of nitriles is 1. The van der Waals surface area contributed by atoms with Gasteiger partial charge in [0.15, 0.2) is 4.67 Å². The summed E-state index contributed by atoms with van der Waals surface area (Å²) in [6, 6.07) is 2.93. The van der Waals surface area contributed by atoms with Gasteiger partial charge in [-0.3, -0.25) is 0 Å². The molecule has 1 aromatic rings. The standard InChI is InChI=1S/C6H2BrNO3/c7-5-3(2-8)1-4(11-5)6(9)10/h1H,(H,9,10). The molecule has 0 saturated heterocycles. The van der Waals surface area contributed by atoms with Crippen LogP contribution in [-0.2, 0) is 0 Å². The molecule has 0 bridgehead atoms. The first-order valence-corrected chi connectivity index (χ1v) is 3.37. The lowest BCUT2D eigenvalue weighted by molar-refractivity contribution is 0.0661. The summed E-state index contributed by atoms with van der Waals surface area (Å²) in [5, 5.41) is 16.8. The van der Waals surface area contributed by atoms with E-state index in [-0.39, 0.29) is 16.0 Å². The number of nitrogens with zero attached hydrogens (tertiary/aromatic N) is 1. The highest BCUT2D eigenvalue weighted by atomic mass is 79.9. The number of rotatable bonds is 1. The molecule has 1 rings (SSSR count). The van der Waals surface area contributed by atoms with Gasteiger partial charge in [0.2, 0.25) is 5.76 Å². The molecule has 0 aliphatic rings. The molecule has 0 radical (unpaired) electrons. The number of halogens is 1. The summed E-state index contributed by atoms with van der Waals surface area (Å²) in [4.78, 5) is 10.3. The second kappa shape index (κ2) is 2.76. The second-order valence-corrected chi connectivity index (χ2v) is 2.44. The van der Waals surface area contributed by atoms with E-state index < -0.39 is 5.97 Å². The van der Waals surface area contributed by atoms with Gasteiger partial charge >= 0.3 is 5.97 Å².